The maximum absolute atomic E-state index is 5.78. The molecule has 18 heavy (non-hydrogen) atoms. The van der Waals surface area contributed by atoms with Crippen LogP contribution in [0, 0.1) is 6.92 Å². The molecule has 2 nitrogen and oxygen atoms in total. The number of aryl methyl sites for hydroxylation is 1. The minimum absolute atomic E-state index is 0.836. The smallest absolute Gasteiger partial charge is 0.122 e. The van der Waals surface area contributed by atoms with Gasteiger partial charge in [-0.15, -0.1) is 0 Å². The normalized spacial score (nSPS) is 10.9. The fourth-order valence-electron chi connectivity index (χ4n) is 2.05. The molecular weight excluding hydrogens is 222 g/mol. The number of nitrogens with zero attached hydrogens (tertiary/aromatic N) is 1. The van der Waals surface area contributed by atoms with Crippen LogP contribution in [0.5, 0.6) is 5.75 Å². The van der Waals surface area contributed by atoms with Gasteiger partial charge in [0.2, 0.25) is 0 Å². The third-order valence-electron chi connectivity index (χ3n) is 3.36. The van der Waals surface area contributed by atoms with E-state index in [0.717, 1.165) is 31.9 Å². The molecule has 0 radical (unpaired) electrons. The van der Waals surface area contributed by atoms with E-state index < -0.39 is 0 Å². The minimum Gasteiger partial charge on any atom is -0.493 e. The molecule has 0 heterocycles. The summed E-state index contributed by atoms with van der Waals surface area (Å²) in [4.78, 5) is 2.47. The van der Waals surface area contributed by atoms with E-state index in [0.29, 0.717) is 0 Å². The lowest BCUT2D eigenvalue weighted by Crippen LogP contribution is -2.23. The van der Waals surface area contributed by atoms with Gasteiger partial charge in [-0.3, -0.25) is 0 Å². The third kappa shape index (κ3) is 5.54. The predicted octanol–water partition coefficient (Wildman–Crippen LogP) is 3.89. The van der Waals surface area contributed by atoms with Crippen molar-refractivity contribution in [1.82, 2.24) is 4.90 Å². The number of para-hydroxylation sites is 1. The van der Waals surface area contributed by atoms with Crippen molar-refractivity contribution in [2.24, 2.45) is 0 Å². The van der Waals surface area contributed by atoms with Gasteiger partial charge >= 0.3 is 0 Å². The van der Waals surface area contributed by atoms with Gasteiger partial charge in [0.15, 0.2) is 0 Å². The molecule has 0 aliphatic carbocycles. The van der Waals surface area contributed by atoms with Crippen LogP contribution < -0.4 is 4.74 Å². The van der Waals surface area contributed by atoms with Crippen molar-refractivity contribution < 1.29 is 4.74 Å². The lowest BCUT2D eigenvalue weighted by Gasteiger charge is -2.17. The van der Waals surface area contributed by atoms with Gasteiger partial charge in [0.05, 0.1) is 6.61 Å². The fourth-order valence-corrected chi connectivity index (χ4v) is 2.05. The number of ether oxygens (including phenoxy) is 1. The number of hydrogen-bond donors (Lipinski definition) is 0. The Kier molecular flexibility index (Phi) is 7.51. The van der Waals surface area contributed by atoms with Crippen LogP contribution >= 0.6 is 0 Å². The van der Waals surface area contributed by atoms with Crippen LogP contribution in [0.1, 0.15) is 38.7 Å². The molecule has 0 N–H and O–H groups in total. The van der Waals surface area contributed by atoms with Crippen molar-refractivity contribution in [3.8, 4) is 5.75 Å². The van der Waals surface area contributed by atoms with E-state index in [4.69, 9.17) is 4.74 Å². The fraction of sp³-hybridized carbons (Fsp3) is 0.625. The summed E-state index contributed by atoms with van der Waals surface area (Å²) in [5.74, 6) is 1.03. The highest BCUT2D eigenvalue weighted by Gasteiger charge is 1.99. The molecule has 0 aliphatic rings. The zero-order valence-corrected chi connectivity index (χ0v) is 12.1. The monoisotopic (exact) mass is 249 g/mol. The van der Waals surface area contributed by atoms with E-state index in [1.54, 1.807) is 0 Å². The van der Waals surface area contributed by atoms with Gasteiger partial charge in [-0.05, 0) is 57.5 Å². The third-order valence-corrected chi connectivity index (χ3v) is 3.36. The molecule has 0 saturated carbocycles. The first-order chi connectivity index (χ1) is 8.77. The zero-order valence-electron chi connectivity index (χ0n) is 12.1. The Morgan fingerprint density at radius 3 is 2.39 bits per heavy atom. The lowest BCUT2D eigenvalue weighted by atomic mass is 10.2. The summed E-state index contributed by atoms with van der Waals surface area (Å²) in [5, 5.41) is 0. The second kappa shape index (κ2) is 8.98. The van der Waals surface area contributed by atoms with Crippen molar-refractivity contribution in [2.75, 3.05) is 26.2 Å². The van der Waals surface area contributed by atoms with Gasteiger partial charge in [0, 0.05) is 0 Å². The lowest BCUT2D eigenvalue weighted by molar-refractivity contribution is 0.276. The highest BCUT2D eigenvalue weighted by atomic mass is 16.5. The minimum atomic E-state index is 0.836. The van der Waals surface area contributed by atoms with Crippen molar-refractivity contribution in [3.63, 3.8) is 0 Å². The van der Waals surface area contributed by atoms with Gasteiger partial charge in [-0.1, -0.05) is 32.0 Å². The SMILES string of the molecule is CCN(CC)CCCCCOc1ccccc1C. The van der Waals surface area contributed by atoms with Gasteiger partial charge < -0.3 is 9.64 Å². The summed E-state index contributed by atoms with van der Waals surface area (Å²) in [6, 6.07) is 8.22. The molecule has 0 bridgehead atoms. The topological polar surface area (TPSA) is 12.5 Å². The Morgan fingerprint density at radius 2 is 1.72 bits per heavy atom. The maximum Gasteiger partial charge on any atom is 0.122 e. The van der Waals surface area contributed by atoms with E-state index in [2.05, 4.69) is 31.7 Å². The van der Waals surface area contributed by atoms with Crippen LogP contribution in [0.2, 0.25) is 0 Å². The average molecular weight is 249 g/mol. The Morgan fingerprint density at radius 1 is 1.00 bits per heavy atom. The Bertz CT molecular complexity index is 321. The molecule has 0 unspecified atom stereocenters. The molecule has 0 aliphatic heterocycles. The Balaban J connectivity index is 2.07. The highest BCUT2D eigenvalue weighted by Crippen LogP contribution is 2.16. The molecule has 0 saturated heterocycles. The first-order valence-electron chi connectivity index (χ1n) is 7.18. The van der Waals surface area contributed by atoms with Crippen LogP contribution in [-0.4, -0.2) is 31.1 Å². The highest BCUT2D eigenvalue weighted by molar-refractivity contribution is 5.31. The molecule has 0 aromatic heterocycles. The van der Waals surface area contributed by atoms with Crippen LogP contribution in [0.25, 0.3) is 0 Å². The standard InChI is InChI=1S/C16H27NO/c1-4-17(5-2)13-9-6-10-14-18-16-12-8-7-11-15(16)3/h7-8,11-12H,4-6,9-10,13-14H2,1-3H3. The van der Waals surface area contributed by atoms with Crippen molar-refractivity contribution >= 4 is 0 Å². The van der Waals surface area contributed by atoms with E-state index in [-0.39, 0.29) is 0 Å². The van der Waals surface area contributed by atoms with E-state index in [9.17, 15) is 0 Å². The number of benzene rings is 1. The number of unbranched alkanes of at least 4 members (excludes halogenated alkanes) is 2. The summed E-state index contributed by atoms with van der Waals surface area (Å²) < 4.78 is 5.78. The van der Waals surface area contributed by atoms with E-state index in [1.807, 2.05) is 18.2 Å². The second-order valence-corrected chi connectivity index (χ2v) is 4.70. The van der Waals surface area contributed by atoms with Crippen molar-refractivity contribution in [3.05, 3.63) is 29.8 Å². The van der Waals surface area contributed by atoms with Crippen LogP contribution in [-0.2, 0) is 0 Å². The molecular formula is C16H27NO. The molecule has 102 valence electrons. The zero-order chi connectivity index (χ0) is 13.2. The van der Waals surface area contributed by atoms with Gasteiger partial charge in [0.1, 0.15) is 5.75 Å². The van der Waals surface area contributed by atoms with Gasteiger partial charge in [-0.2, -0.15) is 0 Å². The summed E-state index contributed by atoms with van der Waals surface area (Å²) in [5.41, 5.74) is 1.22. The first-order valence-corrected chi connectivity index (χ1v) is 7.18. The molecule has 0 amide bonds. The number of rotatable bonds is 9. The van der Waals surface area contributed by atoms with E-state index >= 15 is 0 Å². The molecule has 0 spiro atoms. The Labute approximate surface area is 112 Å². The molecule has 1 aromatic carbocycles. The largest absolute Gasteiger partial charge is 0.493 e. The summed E-state index contributed by atoms with van der Waals surface area (Å²) in [7, 11) is 0. The molecule has 2 heteroatoms. The predicted molar refractivity (Wildman–Crippen MR) is 78.3 cm³/mol. The van der Waals surface area contributed by atoms with Crippen molar-refractivity contribution in [2.45, 2.75) is 40.0 Å². The van der Waals surface area contributed by atoms with Crippen LogP contribution in [0.15, 0.2) is 24.3 Å². The van der Waals surface area contributed by atoms with Gasteiger partial charge in [0.25, 0.3) is 0 Å². The molecule has 1 rings (SSSR count). The quantitative estimate of drug-likeness (QED) is 0.616. The molecule has 1 aromatic rings. The van der Waals surface area contributed by atoms with Crippen LogP contribution in [0.4, 0.5) is 0 Å². The van der Waals surface area contributed by atoms with Gasteiger partial charge in [-0.25, -0.2) is 0 Å². The van der Waals surface area contributed by atoms with Crippen molar-refractivity contribution in [1.29, 1.82) is 0 Å². The Hall–Kier alpha value is -1.02. The van der Waals surface area contributed by atoms with Crippen LogP contribution in [0.3, 0.4) is 0 Å². The first kappa shape index (κ1) is 15.0. The second-order valence-electron chi connectivity index (χ2n) is 4.70. The van der Waals surface area contributed by atoms with E-state index in [1.165, 1.54) is 24.9 Å². The molecule has 0 fully saturated rings. The summed E-state index contributed by atoms with van der Waals surface area (Å²) in [6.07, 6.45) is 3.68. The number of hydrogen-bond acceptors (Lipinski definition) is 2. The molecule has 0 atom stereocenters. The average Bonchev–Trinajstić information content (AvgIpc) is 2.40. The summed E-state index contributed by atoms with van der Waals surface area (Å²) >= 11 is 0. The maximum atomic E-state index is 5.78. The summed E-state index contributed by atoms with van der Waals surface area (Å²) in [6.45, 7) is 10.9.